The van der Waals surface area contributed by atoms with Gasteiger partial charge in [0, 0.05) is 43.1 Å². The third-order valence-corrected chi connectivity index (χ3v) is 6.39. The second-order valence-electron chi connectivity index (χ2n) is 8.88. The number of nitrogens with one attached hydrogen (secondary N) is 1. The molecule has 34 heavy (non-hydrogen) atoms. The largest absolute Gasteiger partial charge is 0.417 e. The molecule has 3 unspecified atom stereocenters. The van der Waals surface area contributed by atoms with Gasteiger partial charge in [0.15, 0.2) is 5.60 Å². The van der Waals surface area contributed by atoms with Crippen LogP contribution in [0, 0.1) is 22.7 Å². The van der Waals surface area contributed by atoms with Crippen LogP contribution in [0.4, 0.5) is 24.5 Å². The minimum absolute atomic E-state index is 0.0395. The molecule has 3 atom stereocenters. The van der Waals surface area contributed by atoms with Gasteiger partial charge < -0.3 is 15.3 Å². The maximum absolute atomic E-state index is 13.2. The predicted molar refractivity (Wildman–Crippen MR) is 118 cm³/mol. The van der Waals surface area contributed by atoms with Gasteiger partial charge in [-0.05, 0) is 55.8 Å². The van der Waals surface area contributed by atoms with Crippen molar-refractivity contribution in [3.05, 3.63) is 59.2 Å². The van der Waals surface area contributed by atoms with E-state index >= 15 is 0 Å². The molecule has 2 aromatic rings. The van der Waals surface area contributed by atoms with E-state index in [1.54, 1.807) is 12.1 Å². The number of piperazine rings is 1. The average Bonchev–Trinajstić information content (AvgIpc) is 2.82. The van der Waals surface area contributed by atoms with Crippen LogP contribution < -0.4 is 10.2 Å². The topological polar surface area (TPSA) is 103 Å². The number of aliphatic hydroxyl groups is 1. The second kappa shape index (κ2) is 8.64. The summed E-state index contributed by atoms with van der Waals surface area (Å²) in [7, 11) is 0. The van der Waals surface area contributed by atoms with Gasteiger partial charge >= 0.3 is 6.18 Å². The minimum Gasteiger partial charge on any atom is -0.379 e. The van der Waals surface area contributed by atoms with Gasteiger partial charge in [-0.25, -0.2) is 0 Å². The van der Waals surface area contributed by atoms with Crippen molar-refractivity contribution in [3.63, 3.8) is 0 Å². The van der Waals surface area contributed by atoms with Crippen molar-refractivity contribution in [2.24, 2.45) is 0 Å². The SMILES string of the molecule is CC(O)(CN1C2CC1CN(c1ccc(C#N)cc1)C2)C(=O)Nc1ccc(C#N)c(C(F)(F)F)c1. The number of halogens is 3. The van der Waals surface area contributed by atoms with Crippen molar-refractivity contribution in [3.8, 4) is 12.1 Å². The van der Waals surface area contributed by atoms with E-state index < -0.39 is 28.8 Å². The molecule has 5 rings (SSSR count). The van der Waals surface area contributed by atoms with Crippen molar-refractivity contribution < 1.29 is 23.1 Å². The molecule has 2 aromatic carbocycles. The zero-order valence-electron chi connectivity index (χ0n) is 18.3. The molecule has 0 aromatic heterocycles. The number of fused-ring (bicyclic) bond motifs is 2. The van der Waals surface area contributed by atoms with Crippen LogP contribution in [0.25, 0.3) is 0 Å². The van der Waals surface area contributed by atoms with Crippen molar-refractivity contribution in [2.45, 2.75) is 37.2 Å². The Morgan fingerprint density at radius 3 is 2.32 bits per heavy atom. The Balaban J connectivity index is 1.40. The fraction of sp³-hybridized carbons (Fsp3) is 0.375. The molecular weight excluding hydrogens is 447 g/mol. The molecule has 2 N–H and O–H groups in total. The first-order valence-electron chi connectivity index (χ1n) is 10.7. The van der Waals surface area contributed by atoms with Crippen LogP contribution in [0.2, 0.25) is 0 Å². The van der Waals surface area contributed by atoms with Crippen LogP contribution in [0.15, 0.2) is 42.5 Å². The second-order valence-corrected chi connectivity index (χ2v) is 8.88. The Hall–Kier alpha value is -3.60. The van der Waals surface area contributed by atoms with Gasteiger partial charge in [0.2, 0.25) is 0 Å². The standard InChI is InChI=1S/C24H22F3N5O2/c1-23(34,22(33)30-17-5-4-16(11-29)21(8-17)24(25,26)27)14-32-19-9-20(32)13-31(12-19)18-6-2-15(10-28)3-7-18/h2-8,19-20,34H,9,12-14H2,1H3,(H,30,33). The van der Waals surface area contributed by atoms with E-state index in [9.17, 15) is 23.1 Å². The Labute approximate surface area is 194 Å². The summed E-state index contributed by atoms with van der Waals surface area (Å²) in [4.78, 5) is 17.0. The summed E-state index contributed by atoms with van der Waals surface area (Å²) in [5.74, 6) is -0.820. The normalized spacial score (nSPS) is 21.6. The maximum atomic E-state index is 13.2. The van der Waals surface area contributed by atoms with E-state index in [2.05, 4.69) is 16.3 Å². The third-order valence-electron chi connectivity index (χ3n) is 6.39. The van der Waals surface area contributed by atoms with Crippen LogP contribution in [0.1, 0.15) is 30.0 Å². The summed E-state index contributed by atoms with van der Waals surface area (Å²) in [5.41, 5.74) is -2.09. The van der Waals surface area contributed by atoms with Gasteiger partial charge in [-0.2, -0.15) is 23.7 Å². The van der Waals surface area contributed by atoms with Crippen LogP contribution in [0.3, 0.4) is 0 Å². The summed E-state index contributed by atoms with van der Waals surface area (Å²) >= 11 is 0. The lowest BCUT2D eigenvalue weighted by Crippen LogP contribution is -2.71. The Morgan fingerprint density at radius 2 is 1.76 bits per heavy atom. The summed E-state index contributed by atoms with van der Waals surface area (Å²) in [5, 5.41) is 31.0. The Kier molecular flexibility index (Phi) is 5.98. The van der Waals surface area contributed by atoms with E-state index in [1.165, 1.54) is 19.1 Å². The highest BCUT2D eigenvalue weighted by Crippen LogP contribution is 2.36. The molecule has 0 saturated carbocycles. The quantitative estimate of drug-likeness (QED) is 0.698. The average molecular weight is 469 g/mol. The molecule has 2 bridgehead atoms. The number of carbonyl (C=O) groups excluding carboxylic acids is 1. The first-order valence-corrected chi connectivity index (χ1v) is 10.7. The van der Waals surface area contributed by atoms with E-state index in [0.717, 1.165) is 18.2 Å². The molecule has 3 heterocycles. The molecule has 1 amide bonds. The van der Waals surface area contributed by atoms with Crippen LogP contribution in [0.5, 0.6) is 0 Å². The number of rotatable bonds is 5. The monoisotopic (exact) mass is 469 g/mol. The molecule has 3 fully saturated rings. The summed E-state index contributed by atoms with van der Waals surface area (Å²) in [6.45, 7) is 2.77. The lowest BCUT2D eigenvalue weighted by molar-refractivity contribution is -0.140. The lowest BCUT2D eigenvalue weighted by atomic mass is 9.85. The fourth-order valence-corrected chi connectivity index (χ4v) is 4.55. The smallest absolute Gasteiger partial charge is 0.379 e. The first-order chi connectivity index (χ1) is 16.0. The number of benzene rings is 2. The van der Waals surface area contributed by atoms with Crippen LogP contribution >= 0.6 is 0 Å². The molecule has 3 aliphatic heterocycles. The van der Waals surface area contributed by atoms with Crippen molar-refractivity contribution in [1.29, 1.82) is 10.5 Å². The molecule has 10 heteroatoms. The molecular formula is C24H22F3N5O2. The predicted octanol–water partition coefficient (Wildman–Crippen LogP) is 3.10. The zero-order valence-corrected chi connectivity index (χ0v) is 18.3. The molecule has 0 radical (unpaired) electrons. The molecule has 3 aliphatic rings. The Bertz CT molecular complexity index is 1170. The minimum atomic E-state index is -4.75. The van der Waals surface area contributed by atoms with Gasteiger partial charge in [-0.3, -0.25) is 9.69 Å². The van der Waals surface area contributed by atoms with Gasteiger partial charge in [0.25, 0.3) is 5.91 Å². The van der Waals surface area contributed by atoms with E-state index in [-0.39, 0.29) is 24.3 Å². The molecule has 0 aliphatic carbocycles. The van der Waals surface area contributed by atoms with Crippen LogP contribution in [-0.2, 0) is 11.0 Å². The number of anilines is 2. The number of hydrogen-bond acceptors (Lipinski definition) is 6. The zero-order chi connectivity index (χ0) is 24.7. The number of amides is 1. The molecule has 0 spiro atoms. The van der Waals surface area contributed by atoms with Crippen LogP contribution in [-0.4, -0.2) is 53.2 Å². The van der Waals surface area contributed by atoms with Gasteiger partial charge in [0.05, 0.1) is 28.8 Å². The molecule has 7 nitrogen and oxygen atoms in total. The van der Waals surface area contributed by atoms with E-state index in [0.29, 0.717) is 24.7 Å². The van der Waals surface area contributed by atoms with E-state index in [4.69, 9.17) is 10.5 Å². The van der Waals surface area contributed by atoms with Crippen molar-refractivity contribution in [1.82, 2.24) is 4.90 Å². The number of piperidine rings is 1. The number of alkyl halides is 3. The van der Waals surface area contributed by atoms with E-state index in [1.807, 2.05) is 17.0 Å². The highest BCUT2D eigenvalue weighted by Gasteiger charge is 2.48. The number of nitriles is 2. The maximum Gasteiger partial charge on any atom is 0.417 e. The summed E-state index contributed by atoms with van der Waals surface area (Å²) < 4.78 is 39.6. The number of nitrogens with zero attached hydrogens (tertiary/aromatic N) is 4. The van der Waals surface area contributed by atoms with Crippen molar-refractivity contribution in [2.75, 3.05) is 29.9 Å². The molecule has 3 saturated heterocycles. The van der Waals surface area contributed by atoms with Gasteiger partial charge in [0.1, 0.15) is 0 Å². The molecule has 176 valence electrons. The lowest BCUT2D eigenvalue weighted by Gasteiger charge is -2.58. The number of carbonyl (C=O) groups is 1. The highest BCUT2D eigenvalue weighted by atomic mass is 19.4. The summed E-state index contributed by atoms with van der Waals surface area (Å²) in [6, 6.07) is 14.0. The Morgan fingerprint density at radius 1 is 1.12 bits per heavy atom. The third kappa shape index (κ3) is 4.56. The summed E-state index contributed by atoms with van der Waals surface area (Å²) in [6.07, 6.45) is -3.82. The first kappa shape index (κ1) is 23.6. The van der Waals surface area contributed by atoms with Gasteiger partial charge in [-0.15, -0.1) is 0 Å². The van der Waals surface area contributed by atoms with Crippen molar-refractivity contribution >= 4 is 17.3 Å². The fourth-order valence-electron chi connectivity index (χ4n) is 4.55. The highest BCUT2D eigenvalue weighted by molar-refractivity contribution is 5.97. The number of hydrogen-bond donors (Lipinski definition) is 2. The van der Waals surface area contributed by atoms with Gasteiger partial charge in [-0.1, -0.05) is 0 Å².